The van der Waals surface area contributed by atoms with Crippen molar-refractivity contribution in [2.45, 2.75) is 39.0 Å². The van der Waals surface area contributed by atoms with Crippen LogP contribution >= 0.6 is 0 Å². The first-order valence-electron chi connectivity index (χ1n) is 8.19. The fourth-order valence-corrected chi connectivity index (χ4v) is 2.85. The van der Waals surface area contributed by atoms with Crippen molar-refractivity contribution < 1.29 is 9.53 Å². The minimum Gasteiger partial charge on any atom is -0.444 e. The summed E-state index contributed by atoms with van der Waals surface area (Å²) in [5.74, 6) is 1.59. The lowest BCUT2D eigenvalue weighted by molar-refractivity contribution is 0.0137. The number of aromatic nitrogens is 3. The quantitative estimate of drug-likeness (QED) is 0.830. The summed E-state index contributed by atoms with van der Waals surface area (Å²) in [7, 11) is 1.84. The van der Waals surface area contributed by atoms with Crippen molar-refractivity contribution >= 4 is 12.1 Å². The fraction of sp³-hybridized carbons (Fsp3) is 0.733. The smallest absolute Gasteiger partial charge is 0.410 e. The molecule has 1 saturated heterocycles. The number of aliphatic imine (C=N–C) groups is 1. The van der Waals surface area contributed by atoms with Crippen molar-refractivity contribution in [2.75, 3.05) is 26.2 Å². The molecule has 1 aromatic heterocycles. The number of guanidine groups is 1. The Morgan fingerprint density at radius 2 is 2.21 bits per heavy atom. The molecule has 1 atom stereocenters. The van der Waals surface area contributed by atoms with E-state index in [2.05, 4.69) is 25.3 Å². The van der Waals surface area contributed by atoms with Gasteiger partial charge in [-0.25, -0.2) is 9.78 Å². The third-order valence-corrected chi connectivity index (χ3v) is 3.91. The zero-order valence-electron chi connectivity index (χ0n) is 14.7. The maximum Gasteiger partial charge on any atom is 0.410 e. The lowest BCUT2D eigenvalue weighted by atomic mass is 10.2. The molecule has 3 rings (SSSR count). The third kappa shape index (κ3) is 3.77. The molecule has 0 radical (unpaired) electrons. The Balaban J connectivity index is 1.52. The van der Waals surface area contributed by atoms with Crippen LogP contribution in [-0.4, -0.2) is 74.4 Å². The molecule has 24 heavy (non-hydrogen) atoms. The fourth-order valence-electron chi connectivity index (χ4n) is 2.85. The maximum atomic E-state index is 12.2. The Labute approximate surface area is 141 Å². The second-order valence-corrected chi connectivity index (χ2v) is 7.13. The van der Waals surface area contributed by atoms with Gasteiger partial charge in [0.2, 0.25) is 0 Å². The van der Waals surface area contributed by atoms with Gasteiger partial charge >= 0.3 is 6.09 Å². The van der Waals surface area contributed by atoms with Crippen LogP contribution in [0, 0.1) is 0 Å². The summed E-state index contributed by atoms with van der Waals surface area (Å²) in [6.07, 6.45) is 1.43. The number of rotatable bonds is 2. The highest BCUT2D eigenvalue weighted by Crippen LogP contribution is 2.18. The second kappa shape index (κ2) is 6.29. The van der Waals surface area contributed by atoms with Gasteiger partial charge in [0.1, 0.15) is 11.9 Å². The Bertz CT molecular complexity index is 634. The van der Waals surface area contributed by atoms with Gasteiger partial charge in [-0.15, -0.1) is 0 Å². The Hall–Kier alpha value is -2.32. The SMILES string of the molecule is Cn1cnc(CNC2=NCC3CN(C(=O)OC(C)(C)C)CCN23)n1. The van der Waals surface area contributed by atoms with Crippen LogP contribution in [0.1, 0.15) is 26.6 Å². The first-order valence-corrected chi connectivity index (χ1v) is 8.19. The molecule has 0 aliphatic carbocycles. The van der Waals surface area contributed by atoms with Crippen LogP contribution in [0.25, 0.3) is 0 Å². The van der Waals surface area contributed by atoms with Gasteiger partial charge < -0.3 is 19.9 Å². The molecule has 1 amide bonds. The van der Waals surface area contributed by atoms with E-state index in [0.29, 0.717) is 26.2 Å². The number of carbonyl (C=O) groups is 1. The summed E-state index contributed by atoms with van der Waals surface area (Å²) >= 11 is 0. The lowest BCUT2D eigenvalue weighted by Gasteiger charge is -2.39. The molecular weight excluding hydrogens is 310 g/mol. The van der Waals surface area contributed by atoms with Gasteiger partial charge in [0.15, 0.2) is 11.8 Å². The number of hydrogen-bond acceptors (Lipinski definition) is 7. The molecule has 1 aromatic rings. The highest BCUT2D eigenvalue weighted by molar-refractivity contribution is 5.82. The summed E-state index contributed by atoms with van der Waals surface area (Å²) in [6, 6.07) is 0.200. The number of fused-ring (bicyclic) bond motifs is 1. The van der Waals surface area contributed by atoms with Crippen molar-refractivity contribution in [1.82, 2.24) is 29.9 Å². The Morgan fingerprint density at radius 3 is 2.88 bits per heavy atom. The summed E-state index contributed by atoms with van der Waals surface area (Å²) in [4.78, 5) is 24.9. The number of nitrogens with zero attached hydrogens (tertiary/aromatic N) is 6. The van der Waals surface area contributed by atoms with Crippen molar-refractivity contribution in [3.8, 4) is 0 Å². The minimum atomic E-state index is -0.469. The molecule has 0 saturated carbocycles. The normalized spacial score (nSPS) is 20.7. The zero-order valence-corrected chi connectivity index (χ0v) is 14.7. The molecule has 2 aliphatic rings. The van der Waals surface area contributed by atoms with E-state index in [-0.39, 0.29) is 12.1 Å². The number of amides is 1. The topological polar surface area (TPSA) is 87.9 Å². The highest BCUT2D eigenvalue weighted by Gasteiger charge is 2.36. The van der Waals surface area contributed by atoms with Gasteiger partial charge in [0.25, 0.3) is 0 Å². The zero-order chi connectivity index (χ0) is 17.3. The van der Waals surface area contributed by atoms with Gasteiger partial charge in [-0.05, 0) is 20.8 Å². The van der Waals surface area contributed by atoms with Gasteiger partial charge in [-0.3, -0.25) is 9.67 Å². The molecule has 1 N–H and O–H groups in total. The van der Waals surface area contributed by atoms with E-state index in [1.54, 1.807) is 15.9 Å². The molecule has 132 valence electrons. The van der Waals surface area contributed by atoms with E-state index < -0.39 is 5.60 Å². The number of nitrogens with one attached hydrogen (secondary N) is 1. The molecule has 9 nitrogen and oxygen atoms in total. The van der Waals surface area contributed by atoms with E-state index in [4.69, 9.17) is 4.74 Å². The van der Waals surface area contributed by atoms with Crippen LogP contribution in [0.2, 0.25) is 0 Å². The lowest BCUT2D eigenvalue weighted by Crippen LogP contribution is -2.57. The summed E-state index contributed by atoms with van der Waals surface area (Å²) in [5, 5.41) is 7.54. The molecule has 2 aliphatic heterocycles. The van der Waals surface area contributed by atoms with Crippen molar-refractivity contribution in [3.05, 3.63) is 12.2 Å². The summed E-state index contributed by atoms with van der Waals surface area (Å²) < 4.78 is 7.13. The Kier molecular flexibility index (Phi) is 4.33. The van der Waals surface area contributed by atoms with Gasteiger partial charge in [0.05, 0.1) is 19.1 Å². The van der Waals surface area contributed by atoms with Crippen molar-refractivity contribution in [1.29, 1.82) is 0 Å². The highest BCUT2D eigenvalue weighted by atomic mass is 16.6. The minimum absolute atomic E-state index is 0.200. The summed E-state index contributed by atoms with van der Waals surface area (Å²) in [6.45, 7) is 8.87. The average Bonchev–Trinajstić information content (AvgIpc) is 3.08. The first-order chi connectivity index (χ1) is 11.3. The predicted molar refractivity (Wildman–Crippen MR) is 88.4 cm³/mol. The van der Waals surface area contributed by atoms with E-state index in [9.17, 15) is 4.79 Å². The molecule has 9 heteroatoms. The standard InChI is InChI=1S/C15H25N7O2/c1-15(2,3)24-14(23)21-5-6-22-11(9-21)7-16-13(22)17-8-12-18-10-20(4)19-12/h10-11H,5-9H2,1-4H3,(H,16,17). The van der Waals surface area contributed by atoms with Crippen LogP contribution in [0.15, 0.2) is 11.3 Å². The molecular formula is C15H25N7O2. The van der Waals surface area contributed by atoms with Gasteiger partial charge in [-0.2, -0.15) is 5.10 Å². The van der Waals surface area contributed by atoms with Crippen molar-refractivity contribution in [2.24, 2.45) is 12.0 Å². The molecule has 0 aromatic carbocycles. The van der Waals surface area contributed by atoms with E-state index in [0.717, 1.165) is 18.3 Å². The van der Waals surface area contributed by atoms with Crippen molar-refractivity contribution in [3.63, 3.8) is 0 Å². The van der Waals surface area contributed by atoms with E-state index in [1.165, 1.54) is 0 Å². The average molecular weight is 335 g/mol. The number of carbonyl (C=O) groups excluding carboxylic acids is 1. The molecule has 3 heterocycles. The molecule has 0 spiro atoms. The first kappa shape index (κ1) is 16.5. The third-order valence-electron chi connectivity index (χ3n) is 3.91. The molecule has 1 unspecified atom stereocenters. The number of ether oxygens (including phenoxy) is 1. The maximum absolute atomic E-state index is 12.2. The second-order valence-electron chi connectivity index (χ2n) is 7.13. The van der Waals surface area contributed by atoms with Crippen LogP contribution < -0.4 is 5.32 Å². The van der Waals surface area contributed by atoms with Gasteiger partial charge in [0, 0.05) is 26.7 Å². The van der Waals surface area contributed by atoms with E-state index in [1.807, 2.05) is 27.8 Å². The number of aryl methyl sites for hydroxylation is 1. The molecule has 0 bridgehead atoms. The van der Waals surface area contributed by atoms with Crippen LogP contribution in [0.3, 0.4) is 0 Å². The predicted octanol–water partition coefficient (Wildman–Crippen LogP) is 0.196. The number of hydrogen-bond donors (Lipinski definition) is 1. The monoisotopic (exact) mass is 335 g/mol. The summed E-state index contributed by atoms with van der Waals surface area (Å²) in [5.41, 5.74) is -0.469. The van der Waals surface area contributed by atoms with E-state index >= 15 is 0 Å². The largest absolute Gasteiger partial charge is 0.444 e. The van der Waals surface area contributed by atoms with Crippen LogP contribution in [0.4, 0.5) is 4.79 Å². The van der Waals surface area contributed by atoms with Gasteiger partial charge in [-0.1, -0.05) is 0 Å². The van der Waals surface area contributed by atoms with Crippen LogP contribution in [-0.2, 0) is 18.3 Å². The van der Waals surface area contributed by atoms with Crippen LogP contribution in [0.5, 0.6) is 0 Å². The number of piperazine rings is 1. The Morgan fingerprint density at radius 1 is 1.42 bits per heavy atom. The molecule has 1 fully saturated rings.